The van der Waals surface area contributed by atoms with Crippen LogP contribution in [0.15, 0.2) is 55.0 Å². The summed E-state index contributed by atoms with van der Waals surface area (Å²) in [7, 11) is 1.65. The highest BCUT2D eigenvalue weighted by molar-refractivity contribution is 5.92. The van der Waals surface area contributed by atoms with Gasteiger partial charge in [0.05, 0.1) is 13.3 Å². The fraction of sp³-hybridized carbons (Fsp3) is 0.273. The Labute approximate surface area is 169 Å². The highest BCUT2D eigenvalue weighted by Crippen LogP contribution is 2.30. The molecule has 29 heavy (non-hydrogen) atoms. The molecule has 0 aliphatic carbocycles. The summed E-state index contributed by atoms with van der Waals surface area (Å²) in [5.41, 5.74) is 4.23. The summed E-state index contributed by atoms with van der Waals surface area (Å²) in [6.07, 6.45) is 5.49. The van der Waals surface area contributed by atoms with Crippen LogP contribution in [0.4, 0.5) is 11.4 Å². The summed E-state index contributed by atoms with van der Waals surface area (Å²) < 4.78 is 5.29. The molecule has 3 heterocycles. The topological polar surface area (TPSA) is 80.2 Å². The summed E-state index contributed by atoms with van der Waals surface area (Å²) >= 11 is 0. The molecule has 7 heteroatoms. The smallest absolute Gasteiger partial charge is 0.274 e. The molecule has 3 aromatic rings. The number of hydrogen-bond donors (Lipinski definition) is 1. The maximum Gasteiger partial charge on any atom is 0.274 e. The monoisotopic (exact) mass is 389 g/mol. The Kier molecular flexibility index (Phi) is 5.37. The minimum Gasteiger partial charge on any atom is -0.497 e. The maximum absolute atomic E-state index is 12.6. The van der Waals surface area contributed by atoms with Crippen molar-refractivity contribution in [3.8, 4) is 5.75 Å². The Balaban J connectivity index is 1.50. The Hall–Kier alpha value is -3.48. The summed E-state index contributed by atoms with van der Waals surface area (Å²) in [5.74, 6) is 0.916. The number of pyridine rings is 1. The first kappa shape index (κ1) is 18.9. The predicted octanol–water partition coefficient (Wildman–Crippen LogP) is 3.56. The molecule has 1 aromatic carbocycles. The van der Waals surface area contributed by atoms with Crippen molar-refractivity contribution in [2.45, 2.75) is 19.3 Å². The van der Waals surface area contributed by atoms with E-state index < -0.39 is 0 Å². The number of ether oxygens (including phenoxy) is 1. The molecule has 7 nitrogen and oxygen atoms in total. The van der Waals surface area contributed by atoms with Crippen molar-refractivity contribution in [2.75, 3.05) is 25.5 Å². The minimum absolute atomic E-state index is 0.0806. The van der Waals surface area contributed by atoms with Crippen LogP contribution in [-0.2, 0) is 0 Å². The molecule has 1 atom stereocenters. The van der Waals surface area contributed by atoms with Gasteiger partial charge in [0.25, 0.3) is 5.91 Å². The number of carbonyl (C=O) groups excluding carboxylic acids is 1. The lowest BCUT2D eigenvalue weighted by molar-refractivity contribution is 0.0784. The van der Waals surface area contributed by atoms with Crippen molar-refractivity contribution in [3.63, 3.8) is 0 Å². The van der Waals surface area contributed by atoms with E-state index in [1.165, 1.54) is 6.20 Å². The first-order valence-electron chi connectivity index (χ1n) is 9.57. The number of nitrogens with zero attached hydrogens (tertiary/aromatic N) is 4. The lowest BCUT2D eigenvalue weighted by atomic mass is 10.0. The van der Waals surface area contributed by atoms with E-state index in [-0.39, 0.29) is 11.8 Å². The first-order chi connectivity index (χ1) is 14.1. The Bertz CT molecular complexity index is 1010. The van der Waals surface area contributed by atoms with Crippen LogP contribution in [-0.4, -0.2) is 46.0 Å². The number of methoxy groups -OCH3 is 1. The van der Waals surface area contributed by atoms with Crippen LogP contribution in [0.1, 0.15) is 34.2 Å². The summed E-state index contributed by atoms with van der Waals surface area (Å²) in [5, 5.41) is 3.42. The van der Waals surface area contributed by atoms with E-state index in [4.69, 9.17) is 9.72 Å². The predicted molar refractivity (Wildman–Crippen MR) is 111 cm³/mol. The fourth-order valence-electron chi connectivity index (χ4n) is 3.60. The van der Waals surface area contributed by atoms with Gasteiger partial charge in [0.15, 0.2) is 0 Å². The Morgan fingerprint density at radius 2 is 2.10 bits per heavy atom. The van der Waals surface area contributed by atoms with Crippen molar-refractivity contribution in [1.29, 1.82) is 0 Å². The van der Waals surface area contributed by atoms with Crippen LogP contribution in [0.2, 0.25) is 0 Å². The third-order valence-corrected chi connectivity index (χ3v) is 5.01. The van der Waals surface area contributed by atoms with Crippen LogP contribution in [0, 0.1) is 6.92 Å². The van der Waals surface area contributed by atoms with Gasteiger partial charge in [-0.15, -0.1) is 0 Å². The van der Waals surface area contributed by atoms with Gasteiger partial charge in [0.1, 0.15) is 11.4 Å². The third kappa shape index (κ3) is 4.34. The largest absolute Gasteiger partial charge is 0.497 e. The van der Waals surface area contributed by atoms with Crippen LogP contribution in [0.3, 0.4) is 0 Å². The number of nitrogens with one attached hydrogen (secondary N) is 1. The second-order valence-corrected chi connectivity index (χ2v) is 7.11. The second kappa shape index (κ2) is 8.26. The zero-order valence-corrected chi connectivity index (χ0v) is 16.5. The van der Waals surface area contributed by atoms with Crippen molar-refractivity contribution in [2.24, 2.45) is 0 Å². The van der Waals surface area contributed by atoms with Crippen molar-refractivity contribution in [3.05, 3.63) is 72.1 Å². The Morgan fingerprint density at radius 1 is 1.21 bits per heavy atom. The SMILES string of the molecule is COc1cccc(Nc2cc(C)nc([C@@H]3CCN(C(=O)c4cnccn4)C3)c2)c1. The van der Waals surface area contributed by atoms with Gasteiger partial charge >= 0.3 is 0 Å². The highest BCUT2D eigenvalue weighted by atomic mass is 16.5. The molecule has 0 unspecified atom stereocenters. The normalized spacial score (nSPS) is 15.9. The number of likely N-dealkylation sites (tertiary alicyclic amines) is 1. The summed E-state index contributed by atoms with van der Waals surface area (Å²) in [6.45, 7) is 3.30. The number of anilines is 2. The molecule has 0 saturated carbocycles. The van der Waals surface area contributed by atoms with E-state index in [1.54, 1.807) is 19.5 Å². The first-order valence-corrected chi connectivity index (χ1v) is 9.57. The molecule has 1 fully saturated rings. The van der Waals surface area contributed by atoms with E-state index in [9.17, 15) is 4.79 Å². The van der Waals surface area contributed by atoms with Gasteiger partial charge in [-0.1, -0.05) is 6.07 Å². The van der Waals surface area contributed by atoms with E-state index in [0.717, 1.165) is 34.9 Å². The second-order valence-electron chi connectivity index (χ2n) is 7.11. The average molecular weight is 389 g/mol. The fourth-order valence-corrected chi connectivity index (χ4v) is 3.60. The van der Waals surface area contributed by atoms with Gasteiger partial charge in [-0.25, -0.2) is 4.98 Å². The van der Waals surface area contributed by atoms with Crippen LogP contribution >= 0.6 is 0 Å². The van der Waals surface area contributed by atoms with Crippen molar-refractivity contribution >= 4 is 17.3 Å². The molecular formula is C22H23N5O2. The van der Waals surface area contributed by atoms with Gasteiger partial charge in [0, 0.05) is 60.2 Å². The lowest BCUT2D eigenvalue weighted by Crippen LogP contribution is -2.29. The van der Waals surface area contributed by atoms with Crippen LogP contribution in [0.25, 0.3) is 0 Å². The molecule has 0 bridgehead atoms. The standard InChI is InChI=1S/C22H23N5O2/c1-15-10-18(26-17-4-3-5-19(11-17)29-2)12-20(25-15)16-6-9-27(14-16)22(28)21-13-23-7-8-24-21/h3-5,7-8,10-13,16H,6,9,14H2,1-2H3,(H,25,26)/t16-/m1/s1. The molecule has 1 N–H and O–H groups in total. The van der Waals surface area contributed by atoms with Gasteiger partial charge < -0.3 is 15.0 Å². The van der Waals surface area contributed by atoms with Gasteiger partial charge in [-0.05, 0) is 37.6 Å². The zero-order chi connectivity index (χ0) is 20.2. The number of aryl methyl sites for hydroxylation is 1. The minimum atomic E-state index is -0.0806. The lowest BCUT2D eigenvalue weighted by Gasteiger charge is -2.17. The molecule has 2 aromatic heterocycles. The number of rotatable bonds is 5. The van der Waals surface area contributed by atoms with Gasteiger partial charge in [-0.2, -0.15) is 0 Å². The molecule has 1 saturated heterocycles. The van der Waals surface area contributed by atoms with E-state index in [2.05, 4.69) is 21.4 Å². The summed E-state index contributed by atoms with van der Waals surface area (Å²) in [6, 6.07) is 11.9. The Morgan fingerprint density at radius 3 is 2.90 bits per heavy atom. The van der Waals surface area contributed by atoms with Crippen molar-refractivity contribution in [1.82, 2.24) is 19.9 Å². The maximum atomic E-state index is 12.6. The number of aromatic nitrogens is 3. The van der Waals surface area contributed by atoms with Crippen LogP contribution < -0.4 is 10.1 Å². The molecule has 148 valence electrons. The molecule has 4 rings (SSSR count). The quantitative estimate of drug-likeness (QED) is 0.719. The van der Waals surface area contributed by atoms with Crippen LogP contribution in [0.5, 0.6) is 5.75 Å². The molecule has 1 aliphatic heterocycles. The van der Waals surface area contributed by atoms with Gasteiger partial charge in [0.2, 0.25) is 0 Å². The summed E-state index contributed by atoms with van der Waals surface area (Å²) in [4.78, 5) is 27.3. The number of benzene rings is 1. The van der Waals surface area contributed by atoms with Crippen molar-refractivity contribution < 1.29 is 9.53 Å². The average Bonchev–Trinajstić information content (AvgIpc) is 3.24. The molecule has 0 spiro atoms. The van der Waals surface area contributed by atoms with E-state index in [0.29, 0.717) is 18.8 Å². The zero-order valence-electron chi connectivity index (χ0n) is 16.5. The number of carbonyl (C=O) groups is 1. The highest BCUT2D eigenvalue weighted by Gasteiger charge is 2.29. The van der Waals surface area contributed by atoms with E-state index in [1.807, 2.05) is 42.2 Å². The molecular weight excluding hydrogens is 366 g/mol. The molecule has 1 amide bonds. The molecule has 0 radical (unpaired) electrons. The van der Waals surface area contributed by atoms with E-state index >= 15 is 0 Å². The third-order valence-electron chi connectivity index (χ3n) is 5.01. The number of hydrogen-bond acceptors (Lipinski definition) is 6. The number of amides is 1. The van der Waals surface area contributed by atoms with Gasteiger partial charge in [-0.3, -0.25) is 14.8 Å². The molecule has 1 aliphatic rings.